The van der Waals surface area contributed by atoms with Crippen LogP contribution in [0, 0.1) is 5.92 Å². The quantitative estimate of drug-likeness (QED) is 0.850. The number of nitrogens with one attached hydrogen (secondary N) is 1. The van der Waals surface area contributed by atoms with Gasteiger partial charge >= 0.3 is 0 Å². The Labute approximate surface area is 126 Å². The topological polar surface area (TPSA) is 76.2 Å². The van der Waals surface area contributed by atoms with Crippen molar-refractivity contribution < 1.29 is 4.79 Å². The molecule has 1 aromatic rings. The van der Waals surface area contributed by atoms with Crippen LogP contribution in [-0.4, -0.2) is 46.3 Å². The van der Waals surface area contributed by atoms with Crippen molar-refractivity contribution in [1.29, 1.82) is 0 Å². The Hall–Kier alpha value is -1.56. The van der Waals surface area contributed by atoms with Crippen molar-refractivity contribution in [2.45, 2.75) is 39.7 Å². The standard InChI is InChI=1S/C15H27N5O/c1-5-12-13(16)14(19(4)18-12)15(21)17-8-11-6-7-20(9-11)10(2)3/h10-11H,5-9,16H2,1-4H3,(H,17,21). The Bertz CT molecular complexity index is 508. The number of hydrogen-bond acceptors (Lipinski definition) is 4. The monoisotopic (exact) mass is 293 g/mol. The molecule has 1 aliphatic heterocycles. The van der Waals surface area contributed by atoms with Gasteiger partial charge < -0.3 is 16.0 Å². The molecule has 0 saturated carbocycles. The molecule has 1 unspecified atom stereocenters. The van der Waals surface area contributed by atoms with E-state index in [4.69, 9.17) is 5.73 Å². The normalized spacial score (nSPS) is 19.4. The number of carbonyl (C=O) groups is 1. The maximum atomic E-state index is 12.3. The summed E-state index contributed by atoms with van der Waals surface area (Å²) < 4.78 is 1.58. The molecule has 0 bridgehead atoms. The van der Waals surface area contributed by atoms with Gasteiger partial charge in [-0.15, -0.1) is 0 Å². The van der Waals surface area contributed by atoms with E-state index in [-0.39, 0.29) is 5.91 Å². The Morgan fingerprint density at radius 1 is 1.52 bits per heavy atom. The minimum absolute atomic E-state index is 0.120. The maximum absolute atomic E-state index is 12.3. The largest absolute Gasteiger partial charge is 0.395 e. The minimum atomic E-state index is -0.120. The number of amides is 1. The van der Waals surface area contributed by atoms with Crippen LogP contribution in [0.2, 0.25) is 0 Å². The first-order valence-electron chi connectivity index (χ1n) is 7.77. The highest BCUT2D eigenvalue weighted by atomic mass is 16.2. The Morgan fingerprint density at radius 2 is 2.24 bits per heavy atom. The van der Waals surface area contributed by atoms with E-state index in [9.17, 15) is 4.79 Å². The van der Waals surface area contributed by atoms with Gasteiger partial charge in [0.15, 0.2) is 0 Å². The third kappa shape index (κ3) is 3.37. The molecule has 6 heteroatoms. The molecule has 118 valence electrons. The molecule has 1 aliphatic rings. The molecule has 0 aromatic carbocycles. The number of anilines is 1. The second-order valence-electron chi connectivity index (χ2n) is 6.14. The summed E-state index contributed by atoms with van der Waals surface area (Å²) in [6.07, 6.45) is 1.87. The molecule has 1 atom stereocenters. The number of likely N-dealkylation sites (tertiary alicyclic amines) is 1. The van der Waals surface area contributed by atoms with Crippen LogP contribution in [0.5, 0.6) is 0 Å². The van der Waals surface area contributed by atoms with Gasteiger partial charge in [0.05, 0.1) is 11.4 Å². The van der Waals surface area contributed by atoms with E-state index in [1.165, 1.54) is 0 Å². The zero-order chi connectivity index (χ0) is 15.6. The summed E-state index contributed by atoms with van der Waals surface area (Å²) in [7, 11) is 1.76. The summed E-state index contributed by atoms with van der Waals surface area (Å²) in [5.41, 5.74) is 7.78. The Balaban J connectivity index is 1.93. The number of nitrogen functional groups attached to an aromatic ring is 1. The number of aromatic nitrogens is 2. The molecule has 1 amide bonds. The van der Waals surface area contributed by atoms with E-state index in [0.29, 0.717) is 29.9 Å². The molecule has 1 saturated heterocycles. The van der Waals surface area contributed by atoms with Crippen LogP contribution < -0.4 is 11.1 Å². The maximum Gasteiger partial charge on any atom is 0.271 e. The van der Waals surface area contributed by atoms with Crippen molar-refractivity contribution in [3.63, 3.8) is 0 Å². The Morgan fingerprint density at radius 3 is 2.76 bits per heavy atom. The summed E-state index contributed by atoms with van der Waals surface area (Å²) >= 11 is 0. The predicted molar refractivity (Wildman–Crippen MR) is 84.1 cm³/mol. The highest BCUT2D eigenvalue weighted by molar-refractivity contribution is 5.97. The molecule has 0 aliphatic carbocycles. The fraction of sp³-hybridized carbons (Fsp3) is 0.733. The van der Waals surface area contributed by atoms with E-state index >= 15 is 0 Å². The molecule has 0 radical (unpaired) electrons. The lowest BCUT2D eigenvalue weighted by molar-refractivity contribution is 0.0938. The number of carbonyl (C=O) groups excluding carboxylic acids is 1. The van der Waals surface area contributed by atoms with Gasteiger partial charge in [-0.05, 0) is 39.2 Å². The number of rotatable bonds is 5. The first-order chi connectivity index (χ1) is 9.93. The number of hydrogen-bond donors (Lipinski definition) is 2. The average Bonchev–Trinajstić information content (AvgIpc) is 3.01. The molecule has 21 heavy (non-hydrogen) atoms. The van der Waals surface area contributed by atoms with Crippen molar-refractivity contribution in [1.82, 2.24) is 20.0 Å². The van der Waals surface area contributed by atoms with Gasteiger partial charge in [-0.1, -0.05) is 6.92 Å². The van der Waals surface area contributed by atoms with Crippen LogP contribution >= 0.6 is 0 Å². The van der Waals surface area contributed by atoms with E-state index in [2.05, 4.69) is 29.2 Å². The van der Waals surface area contributed by atoms with Crippen LogP contribution in [0.15, 0.2) is 0 Å². The van der Waals surface area contributed by atoms with Gasteiger partial charge in [-0.3, -0.25) is 9.48 Å². The first kappa shape index (κ1) is 15.8. The summed E-state index contributed by atoms with van der Waals surface area (Å²) in [6, 6.07) is 0.575. The summed E-state index contributed by atoms with van der Waals surface area (Å²) in [5.74, 6) is 0.404. The smallest absolute Gasteiger partial charge is 0.271 e. The molecule has 2 rings (SSSR count). The molecule has 1 aromatic heterocycles. The summed E-state index contributed by atoms with van der Waals surface area (Å²) in [4.78, 5) is 14.8. The van der Waals surface area contributed by atoms with Crippen LogP contribution in [0.1, 0.15) is 43.4 Å². The molecule has 1 fully saturated rings. The molecule has 3 N–H and O–H groups in total. The van der Waals surface area contributed by atoms with E-state index in [0.717, 1.165) is 31.6 Å². The van der Waals surface area contributed by atoms with Crippen LogP contribution in [0.3, 0.4) is 0 Å². The molecular formula is C15H27N5O. The number of nitrogens with zero attached hydrogens (tertiary/aromatic N) is 3. The lowest BCUT2D eigenvalue weighted by atomic mass is 10.1. The summed E-state index contributed by atoms with van der Waals surface area (Å²) in [6.45, 7) is 9.28. The van der Waals surface area contributed by atoms with Gasteiger partial charge in [0.2, 0.25) is 0 Å². The van der Waals surface area contributed by atoms with Crippen molar-refractivity contribution in [3.8, 4) is 0 Å². The second kappa shape index (κ2) is 6.47. The van der Waals surface area contributed by atoms with Crippen molar-refractivity contribution in [3.05, 3.63) is 11.4 Å². The lowest BCUT2D eigenvalue weighted by Crippen LogP contribution is -2.34. The zero-order valence-electron chi connectivity index (χ0n) is 13.5. The van der Waals surface area contributed by atoms with E-state index in [1.54, 1.807) is 11.7 Å². The lowest BCUT2D eigenvalue weighted by Gasteiger charge is -2.20. The van der Waals surface area contributed by atoms with Gasteiger partial charge in [-0.25, -0.2) is 0 Å². The third-order valence-corrected chi connectivity index (χ3v) is 4.31. The fourth-order valence-corrected chi connectivity index (χ4v) is 2.95. The van der Waals surface area contributed by atoms with E-state index < -0.39 is 0 Å². The predicted octanol–water partition coefficient (Wildman–Crippen LogP) is 1.02. The van der Waals surface area contributed by atoms with E-state index in [1.807, 2.05) is 6.92 Å². The van der Waals surface area contributed by atoms with Gasteiger partial charge in [0.25, 0.3) is 5.91 Å². The van der Waals surface area contributed by atoms with Gasteiger partial charge in [0, 0.05) is 26.2 Å². The van der Waals surface area contributed by atoms with Crippen LogP contribution in [0.4, 0.5) is 5.69 Å². The van der Waals surface area contributed by atoms with Gasteiger partial charge in [0.1, 0.15) is 5.69 Å². The molecular weight excluding hydrogens is 266 g/mol. The zero-order valence-corrected chi connectivity index (χ0v) is 13.5. The van der Waals surface area contributed by atoms with Gasteiger partial charge in [-0.2, -0.15) is 5.10 Å². The highest BCUT2D eigenvalue weighted by Gasteiger charge is 2.25. The fourth-order valence-electron chi connectivity index (χ4n) is 2.95. The Kier molecular flexibility index (Phi) is 4.88. The first-order valence-corrected chi connectivity index (χ1v) is 7.77. The van der Waals surface area contributed by atoms with Crippen LogP contribution in [0.25, 0.3) is 0 Å². The number of nitrogens with two attached hydrogens (primary N) is 1. The molecule has 6 nitrogen and oxygen atoms in total. The van der Waals surface area contributed by atoms with Crippen LogP contribution in [-0.2, 0) is 13.5 Å². The van der Waals surface area contributed by atoms with Crippen molar-refractivity contribution in [2.75, 3.05) is 25.4 Å². The second-order valence-corrected chi connectivity index (χ2v) is 6.14. The average molecular weight is 293 g/mol. The van der Waals surface area contributed by atoms with Crippen molar-refractivity contribution >= 4 is 11.6 Å². The molecule has 2 heterocycles. The highest BCUT2D eigenvalue weighted by Crippen LogP contribution is 2.19. The third-order valence-electron chi connectivity index (χ3n) is 4.31. The minimum Gasteiger partial charge on any atom is -0.395 e. The number of aryl methyl sites for hydroxylation is 2. The van der Waals surface area contributed by atoms with Crippen molar-refractivity contribution in [2.24, 2.45) is 13.0 Å². The summed E-state index contributed by atoms with van der Waals surface area (Å²) in [5, 5.41) is 7.30. The molecule has 0 spiro atoms. The SMILES string of the molecule is CCc1nn(C)c(C(=O)NCC2CCN(C(C)C)C2)c1N.